The standard InChI is InChI=1S/C6H3F4NO/c7-3-1-2(5(9)10)4(8)6(12)11-3/h1,5H,(H,11,12). The van der Waals surface area contributed by atoms with Gasteiger partial charge in [0.1, 0.15) is 0 Å². The maximum absolute atomic E-state index is 12.4. The van der Waals surface area contributed by atoms with Crippen LogP contribution in [0.15, 0.2) is 10.9 Å². The molecule has 1 aromatic heterocycles. The Morgan fingerprint density at radius 1 is 1.33 bits per heavy atom. The second-order valence-corrected chi connectivity index (χ2v) is 2.02. The van der Waals surface area contributed by atoms with Crippen molar-refractivity contribution in [1.29, 1.82) is 0 Å². The van der Waals surface area contributed by atoms with E-state index < -0.39 is 29.3 Å². The van der Waals surface area contributed by atoms with Gasteiger partial charge in [0.2, 0.25) is 0 Å². The number of rotatable bonds is 1. The molecule has 1 N–H and O–H groups in total. The number of H-pyrrole nitrogens is 1. The van der Waals surface area contributed by atoms with Crippen LogP contribution in [0.5, 0.6) is 0 Å². The first-order valence-corrected chi connectivity index (χ1v) is 2.88. The molecule has 0 fully saturated rings. The van der Waals surface area contributed by atoms with Crippen molar-refractivity contribution in [3.8, 4) is 0 Å². The molecule has 6 heteroatoms. The monoisotopic (exact) mass is 181 g/mol. The van der Waals surface area contributed by atoms with Crippen LogP contribution in [0.4, 0.5) is 17.6 Å². The van der Waals surface area contributed by atoms with Crippen LogP contribution >= 0.6 is 0 Å². The van der Waals surface area contributed by atoms with Crippen molar-refractivity contribution in [3.63, 3.8) is 0 Å². The second-order valence-electron chi connectivity index (χ2n) is 2.02. The molecule has 0 aliphatic rings. The van der Waals surface area contributed by atoms with Crippen molar-refractivity contribution in [3.05, 3.63) is 33.7 Å². The summed E-state index contributed by atoms with van der Waals surface area (Å²) in [6.07, 6.45) is -3.19. The molecule has 0 amide bonds. The van der Waals surface area contributed by atoms with Gasteiger partial charge in [-0.05, 0) is 0 Å². The van der Waals surface area contributed by atoms with Gasteiger partial charge in [-0.2, -0.15) is 4.39 Å². The Hall–Kier alpha value is -1.33. The van der Waals surface area contributed by atoms with Crippen LogP contribution in [0.1, 0.15) is 12.0 Å². The molecule has 12 heavy (non-hydrogen) atoms. The van der Waals surface area contributed by atoms with Gasteiger partial charge in [-0.15, -0.1) is 0 Å². The van der Waals surface area contributed by atoms with Gasteiger partial charge in [0.05, 0.1) is 5.56 Å². The van der Waals surface area contributed by atoms with Gasteiger partial charge in [0.15, 0.2) is 11.8 Å². The summed E-state index contributed by atoms with van der Waals surface area (Å²) in [6.45, 7) is 0. The topological polar surface area (TPSA) is 32.9 Å². The van der Waals surface area contributed by atoms with E-state index in [1.54, 1.807) is 0 Å². The van der Waals surface area contributed by atoms with Crippen molar-refractivity contribution in [2.75, 3.05) is 0 Å². The first-order chi connectivity index (χ1) is 5.52. The quantitative estimate of drug-likeness (QED) is 0.517. The van der Waals surface area contributed by atoms with Gasteiger partial charge in [-0.25, -0.2) is 13.2 Å². The van der Waals surface area contributed by atoms with Crippen LogP contribution in [0.25, 0.3) is 0 Å². The lowest BCUT2D eigenvalue weighted by molar-refractivity contribution is 0.145. The molecule has 0 aliphatic carbocycles. The summed E-state index contributed by atoms with van der Waals surface area (Å²) in [5.41, 5.74) is -2.71. The van der Waals surface area contributed by atoms with E-state index in [0.29, 0.717) is 0 Å². The number of alkyl halides is 2. The van der Waals surface area contributed by atoms with Gasteiger partial charge in [-0.1, -0.05) is 0 Å². The molecule has 0 spiro atoms. The highest BCUT2D eigenvalue weighted by Crippen LogP contribution is 2.19. The van der Waals surface area contributed by atoms with Crippen molar-refractivity contribution < 1.29 is 17.6 Å². The fraction of sp³-hybridized carbons (Fsp3) is 0.167. The predicted octanol–water partition coefficient (Wildman–Crippen LogP) is 1.59. The average Bonchev–Trinajstić information content (AvgIpc) is 1.96. The van der Waals surface area contributed by atoms with Crippen LogP contribution in [0.2, 0.25) is 0 Å². The Balaban J connectivity index is 3.38. The highest BCUT2D eigenvalue weighted by Gasteiger charge is 2.17. The van der Waals surface area contributed by atoms with E-state index in [0.717, 1.165) is 0 Å². The molecule has 0 atom stereocenters. The number of aromatic amines is 1. The van der Waals surface area contributed by atoms with Crippen LogP contribution < -0.4 is 5.56 Å². The predicted molar refractivity (Wildman–Crippen MR) is 31.9 cm³/mol. The minimum atomic E-state index is -3.19. The largest absolute Gasteiger partial charge is 0.296 e. The highest BCUT2D eigenvalue weighted by molar-refractivity contribution is 5.14. The molecule has 2 nitrogen and oxygen atoms in total. The van der Waals surface area contributed by atoms with Gasteiger partial charge in [0.25, 0.3) is 12.0 Å². The normalized spacial score (nSPS) is 10.8. The van der Waals surface area contributed by atoms with E-state index in [4.69, 9.17) is 0 Å². The molecule has 66 valence electrons. The minimum Gasteiger partial charge on any atom is -0.296 e. The molecular formula is C6H3F4NO. The zero-order valence-corrected chi connectivity index (χ0v) is 5.57. The van der Waals surface area contributed by atoms with Crippen LogP contribution in [-0.2, 0) is 0 Å². The summed E-state index contributed by atoms with van der Waals surface area (Å²) in [5.74, 6) is -2.93. The smallest absolute Gasteiger partial charge is 0.286 e. The number of aromatic nitrogens is 1. The van der Waals surface area contributed by atoms with Gasteiger partial charge < -0.3 is 0 Å². The molecule has 1 rings (SSSR count). The Bertz CT molecular complexity index is 346. The number of hydrogen-bond acceptors (Lipinski definition) is 1. The third-order valence-corrected chi connectivity index (χ3v) is 1.20. The fourth-order valence-corrected chi connectivity index (χ4v) is 0.689. The van der Waals surface area contributed by atoms with Gasteiger partial charge >= 0.3 is 0 Å². The van der Waals surface area contributed by atoms with Crippen LogP contribution in [-0.4, -0.2) is 4.98 Å². The van der Waals surface area contributed by atoms with Crippen molar-refractivity contribution in [2.45, 2.75) is 6.43 Å². The van der Waals surface area contributed by atoms with Crippen LogP contribution in [0, 0.1) is 11.8 Å². The molecule has 0 radical (unpaired) electrons. The summed E-state index contributed by atoms with van der Waals surface area (Å²) < 4.78 is 48.3. The van der Waals surface area contributed by atoms with Gasteiger partial charge in [-0.3, -0.25) is 9.78 Å². The Kier molecular flexibility index (Phi) is 2.16. The number of hydrogen-bond donors (Lipinski definition) is 1. The number of pyridine rings is 1. The van der Waals surface area contributed by atoms with E-state index in [9.17, 15) is 22.4 Å². The Morgan fingerprint density at radius 2 is 1.92 bits per heavy atom. The molecule has 1 aromatic rings. The van der Waals surface area contributed by atoms with E-state index in [2.05, 4.69) is 0 Å². The van der Waals surface area contributed by atoms with E-state index in [-0.39, 0.29) is 6.07 Å². The highest BCUT2D eigenvalue weighted by atomic mass is 19.3. The van der Waals surface area contributed by atoms with E-state index >= 15 is 0 Å². The van der Waals surface area contributed by atoms with E-state index in [1.165, 1.54) is 4.98 Å². The van der Waals surface area contributed by atoms with Crippen molar-refractivity contribution in [2.24, 2.45) is 0 Å². The molecule has 0 saturated carbocycles. The SMILES string of the molecule is O=c1[nH]c(F)cc(C(F)F)c1F. The average molecular weight is 181 g/mol. The summed E-state index contributed by atoms with van der Waals surface area (Å²) >= 11 is 0. The molecule has 0 aromatic carbocycles. The lowest BCUT2D eigenvalue weighted by atomic mass is 10.2. The molecule has 1 heterocycles. The third-order valence-electron chi connectivity index (χ3n) is 1.20. The molecule has 0 unspecified atom stereocenters. The summed E-state index contributed by atoms with van der Waals surface area (Å²) in [5, 5.41) is 0. The summed E-state index contributed by atoms with van der Waals surface area (Å²) in [6, 6.07) is 0.251. The van der Waals surface area contributed by atoms with Crippen LogP contribution in [0.3, 0.4) is 0 Å². The molecule has 0 saturated heterocycles. The first-order valence-electron chi connectivity index (χ1n) is 2.88. The molecular weight excluding hydrogens is 178 g/mol. The second kappa shape index (κ2) is 2.96. The zero-order valence-electron chi connectivity index (χ0n) is 5.57. The first kappa shape index (κ1) is 8.76. The molecule has 0 aliphatic heterocycles. The lowest BCUT2D eigenvalue weighted by Gasteiger charge is -1.99. The molecule has 0 bridgehead atoms. The van der Waals surface area contributed by atoms with Gasteiger partial charge in [0, 0.05) is 6.07 Å². The van der Waals surface area contributed by atoms with E-state index in [1.807, 2.05) is 0 Å². The third kappa shape index (κ3) is 1.46. The summed E-state index contributed by atoms with van der Waals surface area (Å²) in [7, 11) is 0. The summed E-state index contributed by atoms with van der Waals surface area (Å²) in [4.78, 5) is 11.8. The Labute approximate surface area is 63.8 Å². The lowest BCUT2D eigenvalue weighted by Crippen LogP contribution is -2.15. The fourth-order valence-electron chi connectivity index (χ4n) is 0.689. The Morgan fingerprint density at radius 3 is 2.42 bits per heavy atom. The zero-order chi connectivity index (χ0) is 9.30. The van der Waals surface area contributed by atoms with Crippen molar-refractivity contribution in [1.82, 2.24) is 4.98 Å². The van der Waals surface area contributed by atoms with Crippen molar-refractivity contribution >= 4 is 0 Å². The maximum atomic E-state index is 12.4. The maximum Gasteiger partial charge on any atom is 0.286 e. The minimum absolute atomic E-state index is 0.251. The number of nitrogens with one attached hydrogen (secondary N) is 1. The number of halogens is 4.